The van der Waals surface area contributed by atoms with Crippen molar-refractivity contribution in [1.82, 2.24) is 20.5 Å². The van der Waals surface area contributed by atoms with Gasteiger partial charge in [-0.15, -0.1) is 5.10 Å². The number of aryl methyl sites for hydroxylation is 1. The molecule has 0 aliphatic rings. The molecule has 1 aromatic rings. The molecule has 0 spiro atoms. The lowest BCUT2D eigenvalue weighted by atomic mass is 10.6. The zero-order valence-corrected chi connectivity index (χ0v) is 9.56. The summed E-state index contributed by atoms with van der Waals surface area (Å²) in [6.07, 6.45) is 0. The van der Waals surface area contributed by atoms with E-state index in [2.05, 4.69) is 20.5 Å². The number of rotatable bonds is 6. The summed E-state index contributed by atoms with van der Waals surface area (Å²) in [5.41, 5.74) is 0. The van der Waals surface area contributed by atoms with Crippen LogP contribution in [0.25, 0.3) is 0 Å². The standard InChI is InChI=1S/C8H14N4O2S/c1-6-10-8(12-11-6)15-5-7(13)9-3-4-14-2/h3-5H2,1-2H3,(H,9,13)(H,10,11,12). The largest absolute Gasteiger partial charge is 0.383 e. The van der Waals surface area contributed by atoms with Gasteiger partial charge in [0.05, 0.1) is 12.4 Å². The highest BCUT2D eigenvalue weighted by molar-refractivity contribution is 7.99. The molecule has 0 fully saturated rings. The van der Waals surface area contributed by atoms with Gasteiger partial charge in [-0.3, -0.25) is 9.89 Å². The van der Waals surface area contributed by atoms with E-state index in [9.17, 15) is 4.79 Å². The molecule has 84 valence electrons. The van der Waals surface area contributed by atoms with Crippen LogP contribution in [0.15, 0.2) is 5.16 Å². The summed E-state index contributed by atoms with van der Waals surface area (Å²) in [7, 11) is 1.59. The molecule has 1 aromatic heterocycles. The van der Waals surface area contributed by atoms with Crippen molar-refractivity contribution in [3.8, 4) is 0 Å². The van der Waals surface area contributed by atoms with Crippen LogP contribution in [0.4, 0.5) is 0 Å². The van der Waals surface area contributed by atoms with Crippen molar-refractivity contribution < 1.29 is 9.53 Å². The summed E-state index contributed by atoms with van der Waals surface area (Å²) >= 11 is 1.30. The molecule has 0 saturated carbocycles. The Morgan fingerprint density at radius 2 is 2.47 bits per heavy atom. The molecule has 0 aliphatic carbocycles. The molecular formula is C8H14N4O2S. The molecule has 1 amide bonds. The van der Waals surface area contributed by atoms with Crippen molar-refractivity contribution in [2.75, 3.05) is 26.0 Å². The van der Waals surface area contributed by atoms with Crippen molar-refractivity contribution in [3.63, 3.8) is 0 Å². The van der Waals surface area contributed by atoms with Crippen LogP contribution in [0.3, 0.4) is 0 Å². The average molecular weight is 230 g/mol. The third kappa shape index (κ3) is 4.80. The highest BCUT2D eigenvalue weighted by atomic mass is 32.2. The first-order chi connectivity index (χ1) is 7.22. The average Bonchev–Trinajstić information content (AvgIpc) is 2.62. The van der Waals surface area contributed by atoms with Crippen molar-refractivity contribution in [2.24, 2.45) is 0 Å². The second kappa shape index (κ2) is 6.41. The van der Waals surface area contributed by atoms with E-state index in [4.69, 9.17) is 4.74 Å². The fourth-order valence-corrected chi connectivity index (χ4v) is 1.53. The molecule has 0 saturated heterocycles. The molecule has 0 radical (unpaired) electrons. The number of nitrogens with zero attached hydrogens (tertiary/aromatic N) is 2. The van der Waals surface area contributed by atoms with Crippen molar-refractivity contribution >= 4 is 17.7 Å². The number of aromatic nitrogens is 3. The topological polar surface area (TPSA) is 79.9 Å². The summed E-state index contributed by atoms with van der Waals surface area (Å²) < 4.78 is 4.81. The summed E-state index contributed by atoms with van der Waals surface area (Å²) in [5, 5.41) is 9.92. The van der Waals surface area contributed by atoms with E-state index in [1.54, 1.807) is 7.11 Å². The minimum atomic E-state index is -0.0421. The van der Waals surface area contributed by atoms with E-state index in [0.717, 1.165) is 5.82 Å². The first kappa shape index (κ1) is 12.0. The Balaban J connectivity index is 2.16. The van der Waals surface area contributed by atoms with Gasteiger partial charge in [-0.05, 0) is 6.92 Å². The van der Waals surface area contributed by atoms with Gasteiger partial charge in [-0.1, -0.05) is 11.8 Å². The lowest BCUT2D eigenvalue weighted by Crippen LogP contribution is -2.28. The van der Waals surface area contributed by atoms with Crippen molar-refractivity contribution in [3.05, 3.63) is 5.82 Å². The van der Waals surface area contributed by atoms with Gasteiger partial charge in [0.2, 0.25) is 11.1 Å². The zero-order chi connectivity index (χ0) is 11.1. The third-order valence-electron chi connectivity index (χ3n) is 1.54. The minimum absolute atomic E-state index is 0.0421. The van der Waals surface area contributed by atoms with Crippen LogP contribution >= 0.6 is 11.8 Å². The van der Waals surface area contributed by atoms with Crippen LogP contribution in [0.5, 0.6) is 0 Å². The van der Waals surface area contributed by atoms with Gasteiger partial charge < -0.3 is 10.1 Å². The Bertz CT molecular complexity index is 315. The lowest BCUT2D eigenvalue weighted by Gasteiger charge is -2.02. The first-order valence-electron chi connectivity index (χ1n) is 4.50. The van der Waals surface area contributed by atoms with E-state index in [1.807, 2.05) is 6.92 Å². The molecule has 1 rings (SSSR count). The molecule has 6 nitrogen and oxygen atoms in total. The van der Waals surface area contributed by atoms with E-state index < -0.39 is 0 Å². The van der Waals surface area contributed by atoms with E-state index in [0.29, 0.717) is 24.1 Å². The fourth-order valence-electron chi connectivity index (χ4n) is 0.860. The van der Waals surface area contributed by atoms with Gasteiger partial charge in [0.25, 0.3) is 0 Å². The number of nitrogens with one attached hydrogen (secondary N) is 2. The molecule has 1 heterocycles. The number of hydrogen-bond acceptors (Lipinski definition) is 5. The van der Waals surface area contributed by atoms with Crippen LogP contribution in [-0.2, 0) is 9.53 Å². The molecular weight excluding hydrogens is 216 g/mol. The van der Waals surface area contributed by atoms with Gasteiger partial charge in [-0.25, -0.2) is 4.98 Å². The van der Waals surface area contributed by atoms with Gasteiger partial charge >= 0.3 is 0 Å². The van der Waals surface area contributed by atoms with E-state index in [1.165, 1.54) is 11.8 Å². The highest BCUT2D eigenvalue weighted by Crippen LogP contribution is 2.10. The molecule has 15 heavy (non-hydrogen) atoms. The Morgan fingerprint density at radius 1 is 1.67 bits per heavy atom. The monoisotopic (exact) mass is 230 g/mol. The Labute approximate surface area is 92.2 Å². The number of carbonyl (C=O) groups is 1. The maximum Gasteiger partial charge on any atom is 0.230 e. The van der Waals surface area contributed by atoms with Crippen LogP contribution < -0.4 is 5.32 Å². The van der Waals surface area contributed by atoms with Gasteiger partial charge in [0.1, 0.15) is 5.82 Å². The van der Waals surface area contributed by atoms with Gasteiger partial charge in [-0.2, -0.15) is 0 Å². The SMILES string of the molecule is COCCNC(=O)CSc1n[nH]c(C)n1. The maximum absolute atomic E-state index is 11.2. The number of methoxy groups -OCH3 is 1. The summed E-state index contributed by atoms with van der Waals surface area (Å²) in [4.78, 5) is 15.3. The van der Waals surface area contributed by atoms with Crippen molar-refractivity contribution in [2.45, 2.75) is 12.1 Å². The highest BCUT2D eigenvalue weighted by Gasteiger charge is 2.05. The molecule has 2 N–H and O–H groups in total. The normalized spacial score (nSPS) is 10.3. The first-order valence-corrected chi connectivity index (χ1v) is 5.48. The summed E-state index contributed by atoms with van der Waals surface area (Å²) in [5.74, 6) is 1.03. The lowest BCUT2D eigenvalue weighted by molar-refractivity contribution is -0.118. The molecule has 7 heteroatoms. The maximum atomic E-state index is 11.2. The smallest absolute Gasteiger partial charge is 0.230 e. The fraction of sp³-hybridized carbons (Fsp3) is 0.625. The predicted molar refractivity (Wildman–Crippen MR) is 56.7 cm³/mol. The zero-order valence-electron chi connectivity index (χ0n) is 8.74. The second-order valence-electron chi connectivity index (χ2n) is 2.83. The Hall–Kier alpha value is -1.08. The number of amides is 1. The van der Waals surface area contributed by atoms with Crippen LogP contribution in [0.2, 0.25) is 0 Å². The molecule has 0 bridgehead atoms. The summed E-state index contributed by atoms with van der Waals surface area (Å²) in [6, 6.07) is 0. The predicted octanol–water partition coefficient (Wildman–Crippen LogP) is -0.0322. The van der Waals surface area contributed by atoms with Gasteiger partial charge in [0, 0.05) is 13.7 Å². The third-order valence-corrected chi connectivity index (χ3v) is 2.38. The number of ether oxygens (including phenoxy) is 1. The number of H-pyrrole nitrogens is 1. The second-order valence-corrected chi connectivity index (χ2v) is 3.78. The minimum Gasteiger partial charge on any atom is -0.383 e. The molecule has 0 unspecified atom stereocenters. The van der Waals surface area contributed by atoms with Crippen LogP contribution in [0.1, 0.15) is 5.82 Å². The number of aromatic amines is 1. The van der Waals surface area contributed by atoms with Crippen LogP contribution in [0, 0.1) is 6.92 Å². The summed E-state index contributed by atoms with van der Waals surface area (Å²) in [6.45, 7) is 2.87. The molecule has 0 aliphatic heterocycles. The Kier molecular flexibility index (Phi) is 5.13. The molecule has 0 atom stereocenters. The van der Waals surface area contributed by atoms with E-state index >= 15 is 0 Å². The number of hydrogen-bond donors (Lipinski definition) is 2. The number of carbonyl (C=O) groups excluding carboxylic acids is 1. The van der Waals surface area contributed by atoms with Crippen LogP contribution in [-0.4, -0.2) is 47.1 Å². The molecule has 0 aromatic carbocycles. The quantitative estimate of drug-likeness (QED) is 0.530. The Morgan fingerprint density at radius 3 is 3.07 bits per heavy atom. The van der Waals surface area contributed by atoms with Gasteiger partial charge in [0.15, 0.2) is 0 Å². The van der Waals surface area contributed by atoms with Crippen molar-refractivity contribution in [1.29, 1.82) is 0 Å². The number of thioether (sulfide) groups is 1. The van der Waals surface area contributed by atoms with E-state index in [-0.39, 0.29) is 5.91 Å².